The van der Waals surface area contributed by atoms with Crippen molar-refractivity contribution in [3.05, 3.63) is 71.3 Å². The fourth-order valence-electron chi connectivity index (χ4n) is 8.47. The molecule has 1 N–H and O–H groups in total. The van der Waals surface area contributed by atoms with Crippen molar-refractivity contribution >= 4 is 17.7 Å². The van der Waals surface area contributed by atoms with E-state index in [9.17, 15) is 19.5 Å². The van der Waals surface area contributed by atoms with Gasteiger partial charge in [-0.05, 0) is 61.5 Å². The number of carbonyl (C=O) groups is 3. The number of esters is 2. The summed E-state index contributed by atoms with van der Waals surface area (Å²) in [6, 6.07) is 8.62. The number of carbonyl (C=O) groups excluding carboxylic acids is 3. The Morgan fingerprint density at radius 1 is 1.15 bits per heavy atom. The number of benzene rings is 1. The number of ketones is 1. The molecule has 8 atom stereocenters. The van der Waals surface area contributed by atoms with E-state index < -0.39 is 52.3 Å². The molecular formula is C31H33FO7. The van der Waals surface area contributed by atoms with Gasteiger partial charge in [0.05, 0.1) is 11.7 Å². The zero-order valence-electron chi connectivity index (χ0n) is 22.5. The molecular weight excluding hydrogens is 503 g/mol. The minimum Gasteiger partial charge on any atom is -0.458 e. The van der Waals surface area contributed by atoms with E-state index in [0.29, 0.717) is 24.0 Å². The van der Waals surface area contributed by atoms with E-state index in [1.165, 1.54) is 6.92 Å². The van der Waals surface area contributed by atoms with E-state index >= 15 is 4.39 Å². The Balaban J connectivity index is 1.32. The molecule has 1 aromatic carbocycles. The van der Waals surface area contributed by atoms with Crippen LogP contribution < -0.4 is 0 Å². The molecule has 39 heavy (non-hydrogen) atoms. The van der Waals surface area contributed by atoms with E-state index in [2.05, 4.69) is 0 Å². The first-order valence-corrected chi connectivity index (χ1v) is 13.5. The Morgan fingerprint density at radius 2 is 1.87 bits per heavy atom. The molecule has 4 aliphatic carbocycles. The maximum absolute atomic E-state index is 16.0. The van der Waals surface area contributed by atoms with Gasteiger partial charge < -0.3 is 19.3 Å². The molecule has 1 saturated heterocycles. The van der Waals surface area contributed by atoms with Crippen molar-refractivity contribution in [2.45, 2.75) is 64.3 Å². The lowest BCUT2D eigenvalue weighted by atomic mass is 9.47. The Morgan fingerprint density at radius 3 is 2.56 bits per heavy atom. The third kappa shape index (κ3) is 3.37. The smallest absolute Gasteiger partial charge is 0.343 e. The second-order valence-electron chi connectivity index (χ2n) is 12.2. The fraction of sp³-hybridized carbons (Fsp3) is 0.516. The minimum atomic E-state index is -1.71. The summed E-state index contributed by atoms with van der Waals surface area (Å²) in [6.07, 6.45) is 5.95. The topological polar surface area (TPSA) is 102 Å². The van der Waals surface area contributed by atoms with Gasteiger partial charge in [0.2, 0.25) is 5.78 Å². The third-order valence-electron chi connectivity index (χ3n) is 10.4. The molecule has 6 rings (SSSR count). The first-order valence-electron chi connectivity index (χ1n) is 13.5. The van der Waals surface area contributed by atoms with Crippen LogP contribution in [0.25, 0.3) is 0 Å². The molecule has 0 bridgehead atoms. The molecule has 8 heteroatoms. The van der Waals surface area contributed by atoms with Crippen molar-refractivity contribution in [3.8, 4) is 0 Å². The molecule has 6 unspecified atom stereocenters. The largest absolute Gasteiger partial charge is 0.458 e. The molecule has 0 aromatic heterocycles. The monoisotopic (exact) mass is 536 g/mol. The molecule has 3 fully saturated rings. The maximum Gasteiger partial charge on any atom is 0.343 e. The average molecular weight is 537 g/mol. The summed E-state index contributed by atoms with van der Waals surface area (Å²) in [4.78, 5) is 37.3. The summed E-state index contributed by atoms with van der Waals surface area (Å²) in [5, 5.41) is 11.9. The number of fused-ring (bicyclic) bond motifs is 3. The number of ether oxygens (including phenoxy) is 3. The molecule has 1 heterocycles. The van der Waals surface area contributed by atoms with E-state index in [1.54, 1.807) is 36.4 Å². The number of hydrogen-bond acceptors (Lipinski definition) is 7. The highest BCUT2D eigenvalue weighted by atomic mass is 19.1. The van der Waals surface area contributed by atoms with Crippen LogP contribution in [0.1, 0.15) is 57.3 Å². The molecule has 2 saturated carbocycles. The van der Waals surface area contributed by atoms with Crippen molar-refractivity contribution < 1.29 is 38.1 Å². The first-order chi connectivity index (χ1) is 18.4. The van der Waals surface area contributed by atoms with Crippen LogP contribution in [0.3, 0.4) is 0 Å². The van der Waals surface area contributed by atoms with Crippen LogP contribution in [-0.4, -0.2) is 46.7 Å². The zero-order chi connectivity index (χ0) is 28.0. The molecule has 1 aromatic rings. The zero-order valence-corrected chi connectivity index (χ0v) is 22.5. The van der Waals surface area contributed by atoms with Crippen LogP contribution in [0.5, 0.6) is 0 Å². The van der Waals surface area contributed by atoms with E-state index in [-0.39, 0.29) is 35.9 Å². The number of allylic oxidation sites excluding steroid dienone is 3. The quantitative estimate of drug-likeness (QED) is 0.433. The predicted octanol–water partition coefficient (Wildman–Crippen LogP) is 4.61. The molecule has 7 nitrogen and oxygen atoms in total. The van der Waals surface area contributed by atoms with Gasteiger partial charge in [0, 0.05) is 30.1 Å². The molecule has 206 valence electrons. The van der Waals surface area contributed by atoms with Crippen LogP contribution in [0, 0.1) is 28.6 Å². The molecule has 0 amide bonds. The van der Waals surface area contributed by atoms with Crippen molar-refractivity contribution in [2.24, 2.45) is 28.6 Å². The SMILES string of the molecule is CC(=O)OCC(=O)[C@@]1(O)[C@H](C)CC2C3CC(F)=C4C=C(OC(=O)c5ccccc5)C=CC4(C)C34OC4CC21C. The van der Waals surface area contributed by atoms with Gasteiger partial charge in [-0.3, -0.25) is 9.59 Å². The van der Waals surface area contributed by atoms with Gasteiger partial charge in [-0.25, -0.2) is 9.18 Å². The maximum atomic E-state index is 16.0. The van der Waals surface area contributed by atoms with Gasteiger partial charge >= 0.3 is 11.9 Å². The van der Waals surface area contributed by atoms with Crippen molar-refractivity contribution in [1.82, 2.24) is 0 Å². The molecule has 5 aliphatic rings. The molecule has 1 spiro atoms. The predicted molar refractivity (Wildman–Crippen MR) is 138 cm³/mol. The van der Waals surface area contributed by atoms with Crippen LogP contribution in [0.4, 0.5) is 4.39 Å². The minimum absolute atomic E-state index is 0.104. The summed E-state index contributed by atoms with van der Waals surface area (Å²) < 4.78 is 33.1. The molecule has 0 radical (unpaired) electrons. The summed E-state index contributed by atoms with van der Waals surface area (Å²) in [6.45, 7) is 6.43. The van der Waals surface area contributed by atoms with Crippen LogP contribution >= 0.6 is 0 Å². The van der Waals surface area contributed by atoms with Gasteiger partial charge in [-0.15, -0.1) is 0 Å². The lowest BCUT2D eigenvalue weighted by Gasteiger charge is -2.54. The van der Waals surface area contributed by atoms with E-state index in [4.69, 9.17) is 14.2 Å². The number of hydrogen-bond donors (Lipinski definition) is 1. The Bertz CT molecular complexity index is 1360. The highest BCUT2D eigenvalue weighted by Gasteiger charge is 2.82. The number of halogens is 1. The van der Waals surface area contributed by atoms with Gasteiger partial charge in [0.1, 0.15) is 22.8 Å². The average Bonchev–Trinajstić information content (AvgIpc) is 3.59. The number of Topliss-reactive ketones (excluding diaryl/α,β-unsaturated/α-hetero) is 1. The Hall–Kier alpha value is -3.10. The van der Waals surface area contributed by atoms with Gasteiger partial charge in [-0.2, -0.15) is 0 Å². The van der Waals surface area contributed by atoms with Crippen molar-refractivity contribution in [1.29, 1.82) is 0 Å². The Kier molecular flexibility index (Phi) is 5.66. The standard InChI is InChI=1S/C31H33FO7/c1-17-12-21-22-14-24(32)23-13-20(38-27(35)19-8-6-5-7-9-19)10-11-28(23,3)31(22)26(39-31)15-29(21,4)30(17,36)25(34)16-37-18(2)33/h5-11,13,17,21-22,26,36H,12,14-16H2,1-4H3/t17-,21?,22?,26?,28?,29?,30+,31?/m1/s1. The fourth-order valence-corrected chi connectivity index (χ4v) is 8.47. The second-order valence-corrected chi connectivity index (χ2v) is 12.2. The van der Waals surface area contributed by atoms with E-state index in [1.807, 2.05) is 32.9 Å². The van der Waals surface area contributed by atoms with Gasteiger partial charge in [0.15, 0.2) is 6.61 Å². The summed E-state index contributed by atoms with van der Waals surface area (Å²) in [5.41, 5.74) is -3.23. The summed E-state index contributed by atoms with van der Waals surface area (Å²) >= 11 is 0. The van der Waals surface area contributed by atoms with Gasteiger partial charge in [0.25, 0.3) is 0 Å². The second kappa shape index (κ2) is 8.45. The van der Waals surface area contributed by atoms with Crippen molar-refractivity contribution in [3.63, 3.8) is 0 Å². The van der Waals surface area contributed by atoms with Crippen LogP contribution in [0.15, 0.2) is 65.7 Å². The number of epoxide rings is 1. The Labute approximate surface area is 226 Å². The third-order valence-corrected chi connectivity index (χ3v) is 10.4. The lowest BCUT2D eigenvalue weighted by molar-refractivity contribution is -0.170. The normalized spacial score (nSPS) is 41.4. The van der Waals surface area contributed by atoms with Gasteiger partial charge in [-0.1, -0.05) is 38.1 Å². The van der Waals surface area contributed by atoms with Crippen LogP contribution in [0.2, 0.25) is 0 Å². The molecule has 1 aliphatic heterocycles. The lowest BCUT2D eigenvalue weighted by Crippen LogP contribution is -2.62. The van der Waals surface area contributed by atoms with Crippen LogP contribution in [-0.2, 0) is 23.8 Å². The van der Waals surface area contributed by atoms with E-state index in [0.717, 1.165) is 0 Å². The first kappa shape index (κ1) is 26.1. The highest BCUT2D eigenvalue weighted by Crippen LogP contribution is 2.76. The van der Waals surface area contributed by atoms with Crippen molar-refractivity contribution in [2.75, 3.05) is 6.61 Å². The number of rotatable bonds is 5. The summed E-state index contributed by atoms with van der Waals surface area (Å²) in [5.74, 6) is -2.51. The highest BCUT2D eigenvalue weighted by molar-refractivity contribution is 5.91. The summed E-state index contributed by atoms with van der Waals surface area (Å²) in [7, 11) is 0. The number of aliphatic hydroxyl groups is 1.